The van der Waals surface area contributed by atoms with Gasteiger partial charge in [-0.15, -0.1) is 23.1 Å². The Morgan fingerprint density at radius 1 is 1.03 bits per heavy atom. The summed E-state index contributed by atoms with van der Waals surface area (Å²) in [7, 11) is 1.34. The van der Waals surface area contributed by atoms with Gasteiger partial charge in [-0.25, -0.2) is 4.79 Å². The van der Waals surface area contributed by atoms with Crippen molar-refractivity contribution in [2.24, 2.45) is 0 Å². The van der Waals surface area contributed by atoms with E-state index in [0.29, 0.717) is 17.2 Å². The first kappa shape index (κ1) is 22.9. The summed E-state index contributed by atoms with van der Waals surface area (Å²) in [6.45, 7) is 6.47. The third-order valence-corrected chi connectivity index (χ3v) is 6.60. The fourth-order valence-electron chi connectivity index (χ4n) is 3.11. The summed E-state index contributed by atoms with van der Waals surface area (Å²) in [4.78, 5) is 27.1. The Morgan fingerprint density at radius 2 is 1.71 bits per heavy atom. The van der Waals surface area contributed by atoms with Gasteiger partial charge in [-0.3, -0.25) is 4.79 Å². The molecule has 0 bridgehead atoms. The Labute approximate surface area is 190 Å². The molecule has 0 spiro atoms. The average Bonchev–Trinajstić information content (AvgIpc) is 3.09. The Hall–Kier alpha value is -2.77. The number of benzene rings is 2. The van der Waals surface area contributed by atoms with E-state index in [4.69, 9.17) is 9.47 Å². The minimum absolute atomic E-state index is 0.171. The fourth-order valence-corrected chi connectivity index (χ4v) is 4.89. The predicted octanol–water partition coefficient (Wildman–Crippen LogP) is 5.95. The molecule has 162 valence electrons. The van der Waals surface area contributed by atoms with Gasteiger partial charge in [-0.05, 0) is 50.6 Å². The zero-order valence-corrected chi connectivity index (χ0v) is 19.6. The molecule has 1 aromatic heterocycles. The Kier molecular flexibility index (Phi) is 7.76. The lowest BCUT2D eigenvalue weighted by Gasteiger charge is -2.09. The van der Waals surface area contributed by atoms with E-state index in [9.17, 15) is 9.59 Å². The van der Waals surface area contributed by atoms with E-state index in [1.54, 1.807) is 0 Å². The van der Waals surface area contributed by atoms with Crippen LogP contribution < -0.4 is 10.1 Å². The van der Waals surface area contributed by atoms with Crippen LogP contribution in [0.5, 0.6) is 5.75 Å². The second kappa shape index (κ2) is 10.5. The molecule has 1 N–H and O–H groups in total. The first-order valence-corrected chi connectivity index (χ1v) is 11.7. The van der Waals surface area contributed by atoms with Crippen LogP contribution in [-0.4, -0.2) is 31.3 Å². The van der Waals surface area contributed by atoms with Crippen molar-refractivity contribution >= 4 is 40.0 Å². The van der Waals surface area contributed by atoms with E-state index < -0.39 is 5.97 Å². The highest BCUT2D eigenvalue weighted by Gasteiger charge is 2.25. The summed E-state index contributed by atoms with van der Waals surface area (Å²) >= 11 is 2.83. The van der Waals surface area contributed by atoms with E-state index in [0.717, 1.165) is 26.6 Å². The van der Waals surface area contributed by atoms with Crippen LogP contribution in [-0.2, 0) is 9.53 Å². The van der Waals surface area contributed by atoms with Crippen LogP contribution in [0.4, 0.5) is 5.00 Å². The van der Waals surface area contributed by atoms with Gasteiger partial charge in [-0.1, -0.05) is 29.8 Å². The van der Waals surface area contributed by atoms with Gasteiger partial charge in [-0.2, -0.15) is 0 Å². The third-order valence-electron chi connectivity index (χ3n) is 4.57. The Morgan fingerprint density at radius 3 is 2.32 bits per heavy atom. The molecule has 0 fully saturated rings. The molecule has 1 amide bonds. The van der Waals surface area contributed by atoms with Crippen molar-refractivity contribution in [3.63, 3.8) is 0 Å². The summed E-state index contributed by atoms with van der Waals surface area (Å²) in [5.74, 6) is 0.365. The van der Waals surface area contributed by atoms with Crippen LogP contribution in [0.25, 0.3) is 11.1 Å². The van der Waals surface area contributed by atoms with Crippen molar-refractivity contribution in [1.29, 1.82) is 0 Å². The molecular weight excluding hydrogens is 430 g/mol. The quantitative estimate of drug-likeness (QED) is 0.336. The van der Waals surface area contributed by atoms with Gasteiger partial charge in [0.2, 0.25) is 5.91 Å². The van der Waals surface area contributed by atoms with Crippen molar-refractivity contribution in [1.82, 2.24) is 0 Å². The number of thioether (sulfide) groups is 1. The smallest absolute Gasteiger partial charge is 0.341 e. The van der Waals surface area contributed by atoms with Gasteiger partial charge in [0.25, 0.3) is 0 Å². The van der Waals surface area contributed by atoms with Crippen LogP contribution in [0.3, 0.4) is 0 Å². The maximum Gasteiger partial charge on any atom is 0.341 e. The Bertz CT molecular complexity index is 1060. The summed E-state index contributed by atoms with van der Waals surface area (Å²) in [6, 6.07) is 15.6. The van der Waals surface area contributed by atoms with Gasteiger partial charge in [0.1, 0.15) is 16.3 Å². The number of esters is 1. The molecule has 0 atom stereocenters. The van der Waals surface area contributed by atoms with E-state index in [1.165, 1.54) is 35.8 Å². The van der Waals surface area contributed by atoms with Gasteiger partial charge in [0.15, 0.2) is 0 Å². The number of aryl methyl sites for hydroxylation is 2. The van der Waals surface area contributed by atoms with Crippen LogP contribution in [0.2, 0.25) is 0 Å². The minimum Gasteiger partial charge on any atom is -0.494 e. The number of carbonyl (C=O) groups is 2. The first-order valence-electron chi connectivity index (χ1n) is 9.87. The van der Waals surface area contributed by atoms with Gasteiger partial charge in [0.05, 0.1) is 19.5 Å². The largest absolute Gasteiger partial charge is 0.494 e. The van der Waals surface area contributed by atoms with E-state index >= 15 is 0 Å². The van der Waals surface area contributed by atoms with Gasteiger partial charge < -0.3 is 14.8 Å². The molecule has 7 heteroatoms. The normalized spacial score (nSPS) is 10.6. The van der Waals surface area contributed by atoms with Crippen molar-refractivity contribution in [3.8, 4) is 16.9 Å². The topological polar surface area (TPSA) is 64.6 Å². The van der Waals surface area contributed by atoms with E-state index in [1.807, 2.05) is 69.3 Å². The van der Waals surface area contributed by atoms with E-state index in [2.05, 4.69) is 5.32 Å². The number of methoxy groups -OCH3 is 1. The summed E-state index contributed by atoms with van der Waals surface area (Å²) in [5, 5.41) is 3.41. The third kappa shape index (κ3) is 5.68. The molecule has 0 saturated heterocycles. The maximum atomic E-state index is 12.6. The molecule has 0 aliphatic heterocycles. The molecule has 0 saturated carbocycles. The zero-order valence-electron chi connectivity index (χ0n) is 18.0. The molecule has 0 aliphatic rings. The molecule has 31 heavy (non-hydrogen) atoms. The first-order chi connectivity index (χ1) is 14.9. The standard InChI is InChI=1S/C24H25NO4S2/c1-5-29-18-10-8-17(9-11-18)21-16(3)31-23(22(21)24(27)28-4)25-20(26)14-30-19-12-6-15(2)7-13-19/h6-13H,5,14H2,1-4H3,(H,25,26). The maximum absolute atomic E-state index is 12.6. The number of hydrogen-bond donors (Lipinski definition) is 1. The highest BCUT2D eigenvalue weighted by molar-refractivity contribution is 8.00. The Balaban J connectivity index is 1.83. The lowest BCUT2D eigenvalue weighted by Crippen LogP contribution is -2.16. The van der Waals surface area contributed by atoms with Gasteiger partial charge in [0, 0.05) is 15.3 Å². The van der Waals surface area contributed by atoms with Crippen LogP contribution >= 0.6 is 23.1 Å². The van der Waals surface area contributed by atoms with Crippen LogP contribution in [0, 0.1) is 13.8 Å². The number of anilines is 1. The SMILES string of the molecule is CCOc1ccc(-c2c(C)sc(NC(=O)CSc3ccc(C)cc3)c2C(=O)OC)cc1. The van der Waals surface area contributed by atoms with Crippen molar-refractivity contribution < 1.29 is 19.1 Å². The number of rotatable bonds is 8. The number of amides is 1. The predicted molar refractivity (Wildman–Crippen MR) is 128 cm³/mol. The summed E-state index contributed by atoms with van der Waals surface area (Å²) in [6.07, 6.45) is 0. The van der Waals surface area contributed by atoms with Crippen LogP contribution in [0.1, 0.15) is 27.7 Å². The second-order valence-corrected chi connectivity index (χ2v) is 9.11. The van der Waals surface area contributed by atoms with Crippen LogP contribution in [0.15, 0.2) is 53.4 Å². The molecule has 2 aromatic carbocycles. The van der Waals surface area contributed by atoms with Gasteiger partial charge >= 0.3 is 5.97 Å². The number of nitrogens with one attached hydrogen (secondary N) is 1. The molecule has 1 heterocycles. The van der Waals surface area contributed by atoms with Crippen molar-refractivity contribution in [2.75, 3.05) is 24.8 Å². The molecule has 3 rings (SSSR count). The molecular formula is C24H25NO4S2. The van der Waals surface area contributed by atoms with Crippen molar-refractivity contribution in [3.05, 3.63) is 64.5 Å². The number of hydrogen-bond acceptors (Lipinski definition) is 6. The lowest BCUT2D eigenvalue weighted by atomic mass is 10.0. The minimum atomic E-state index is -0.477. The average molecular weight is 456 g/mol. The highest BCUT2D eigenvalue weighted by atomic mass is 32.2. The molecule has 0 radical (unpaired) electrons. The fraction of sp³-hybridized carbons (Fsp3) is 0.250. The molecule has 0 aliphatic carbocycles. The van der Waals surface area contributed by atoms with E-state index in [-0.39, 0.29) is 11.7 Å². The monoisotopic (exact) mass is 455 g/mol. The molecule has 3 aromatic rings. The summed E-state index contributed by atoms with van der Waals surface area (Å²) < 4.78 is 10.5. The second-order valence-electron chi connectivity index (χ2n) is 6.84. The highest BCUT2D eigenvalue weighted by Crippen LogP contribution is 2.41. The number of thiophene rings is 1. The summed E-state index contributed by atoms with van der Waals surface area (Å²) in [5.41, 5.74) is 3.18. The number of carbonyl (C=O) groups excluding carboxylic acids is 2. The zero-order chi connectivity index (χ0) is 22.4. The lowest BCUT2D eigenvalue weighted by molar-refractivity contribution is -0.113. The number of ether oxygens (including phenoxy) is 2. The molecule has 5 nitrogen and oxygen atoms in total. The molecule has 0 unspecified atom stereocenters. The van der Waals surface area contributed by atoms with Crippen molar-refractivity contribution in [2.45, 2.75) is 25.7 Å².